The van der Waals surface area contributed by atoms with Gasteiger partial charge >= 0.3 is 5.97 Å². The van der Waals surface area contributed by atoms with Crippen LogP contribution in [-0.2, 0) is 20.7 Å². The zero-order valence-electron chi connectivity index (χ0n) is 13.2. The van der Waals surface area contributed by atoms with Crippen LogP contribution in [-0.4, -0.2) is 35.9 Å². The number of nitrogens with one attached hydrogen (secondary N) is 1. The van der Waals surface area contributed by atoms with Gasteiger partial charge in [0.15, 0.2) is 5.17 Å². The number of hydrogen-bond donors (Lipinski definition) is 2. The number of esters is 1. The summed E-state index contributed by atoms with van der Waals surface area (Å²) < 4.78 is 4.78. The van der Waals surface area contributed by atoms with Crippen LogP contribution in [0.2, 0.25) is 0 Å². The Morgan fingerprint density at radius 2 is 1.95 bits per heavy atom. The van der Waals surface area contributed by atoms with Crippen LogP contribution in [0.15, 0.2) is 29.3 Å². The lowest BCUT2D eigenvalue weighted by atomic mass is 9.92. The summed E-state index contributed by atoms with van der Waals surface area (Å²) in [5, 5.41) is 3.12. The zero-order chi connectivity index (χ0) is 16.8. The number of benzene rings is 1. The Labute approximate surface area is 134 Å². The fraction of sp³-hybridized carbons (Fsp3) is 0.400. The fourth-order valence-electron chi connectivity index (χ4n) is 2.05. The molecule has 0 saturated heterocycles. The van der Waals surface area contributed by atoms with E-state index in [1.54, 1.807) is 6.92 Å². The third-order valence-electron chi connectivity index (χ3n) is 3.03. The van der Waals surface area contributed by atoms with Gasteiger partial charge in [-0.15, -0.1) is 0 Å². The highest BCUT2D eigenvalue weighted by Gasteiger charge is 2.35. The molecule has 0 fully saturated rings. The Hall–Kier alpha value is -2.02. The molecule has 6 nitrogen and oxygen atoms in total. The minimum absolute atomic E-state index is 0.290. The summed E-state index contributed by atoms with van der Waals surface area (Å²) in [7, 11) is 1.30. The Morgan fingerprint density at radius 1 is 1.36 bits per heavy atom. The first-order chi connectivity index (χ1) is 10.3. The van der Waals surface area contributed by atoms with Crippen molar-refractivity contribution >= 4 is 34.5 Å². The summed E-state index contributed by atoms with van der Waals surface area (Å²) in [4.78, 5) is 27.5. The van der Waals surface area contributed by atoms with Crippen molar-refractivity contribution in [3.8, 4) is 0 Å². The first-order valence-electron chi connectivity index (χ1n) is 6.65. The van der Waals surface area contributed by atoms with Crippen LogP contribution in [0.4, 0.5) is 5.69 Å². The second kappa shape index (κ2) is 7.84. The van der Waals surface area contributed by atoms with Crippen molar-refractivity contribution in [2.75, 3.05) is 13.4 Å². The van der Waals surface area contributed by atoms with Crippen LogP contribution in [0, 0.1) is 0 Å². The van der Waals surface area contributed by atoms with E-state index < -0.39 is 11.5 Å². The molecular formula is C15H21N3O3S. The van der Waals surface area contributed by atoms with Crippen molar-refractivity contribution in [1.82, 2.24) is 5.32 Å². The van der Waals surface area contributed by atoms with E-state index >= 15 is 0 Å². The normalized spacial score (nSPS) is 14.1. The van der Waals surface area contributed by atoms with Gasteiger partial charge in [-0.3, -0.25) is 4.79 Å². The van der Waals surface area contributed by atoms with Crippen LogP contribution in [0.5, 0.6) is 0 Å². The van der Waals surface area contributed by atoms with Crippen LogP contribution in [0.1, 0.15) is 19.4 Å². The van der Waals surface area contributed by atoms with Crippen LogP contribution < -0.4 is 11.1 Å². The predicted molar refractivity (Wildman–Crippen MR) is 89.2 cm³/mol. The summed E-state index contributed by atoms with van der Waals surface area (Å²) in [6.45, 7) is 3.00. The molecule has 1 aromatic carbocycles. The number of amidine groups is 1. The predicted octanol–water partition coefficient (Wildman–Crippen LogP) is 1.61. The van der Waals surface area contributed by atoms with Crippen LogP contribution >= 0.6 is 11.8 Å². The molecule has 0 aliphatic heterocycles. The number of methoxy groups -OCH3 is 1. The maximum Gasteiger partial charge on any atom is 0.331 e. The van der Waals surface area contributed by atoms with Gasteiger partial charge in [0.05, 0.1) is 12.8 Å². The molecule has 22 heavy (non-hydrogen) atoms. The van der Waals surface area contributed by atoms with Crippen LogP contribution in [0.3, 0.4) is 0 Å². The van der Waals surface area contributed by atoms with Crippen molar-refractivity contribution in [2.45, 2.75) is 25.8 Å². The Kier molecular flexibility index (Phi) is 6.42. The van der Waals surface area contributed by atoms with E-state index in [0.717, 1.165) is 11.3 Å². The lowest BCUT2D eigenvalue weighted by molar-refractivity contribution is -0.149. The fourth-order valence-corrected chi connectivity index (χ4v) is 2.25. The minimum Gasteiger partial charge on any atom is -0.467 e. The molecule has 1 atom stereocenters. The standard InChI is InChI=1S/C15H21N3O3S/c1-10(19)18-15(2,13(20)21-3)9-11-5-7-12(8-6-11)17-14(16)22-4/h5-8H,9H2,1-4H3,(H2,16,17)(H,18,19)/t15-/m0/s1. The largest absolute Gasteiger partial charge is 0.467 e. The van der Waals surface area contributed by atoms with Gasteiger partial charge in [0.25, 0.3) is 0 Å². The number of aliphatic imine (C=N–C) groups is 1. The SMILES string of the molecule is COC(=O)[C@](C)(Cc1ccc(N=C(N)SC)cc1)NC(C)=O. The molecule has 0 aromatic heterocycles. The highest BCUT2D eigenvalue weighted by atomic mass is 32.2. The lowest BCUT2D eigenvalue weighted by Gasteiger charge is -2.27. The highest BCUT2D eigenvalue weighted by molar-refractivity contribution is 8.13. The van der Waals surface area contributed by atoms with Crippen molar-refractivity contribution in [3.63, 3.8) is 0 Å². The second-order valence-corrected chi connectivity index (χ2v) is 5.83. The summed E-state index contributed by atoms with van der Waals surface area (Å²) in [6, 6.07) is 7.30. The molecule has 0 radical (unpaired) electrons. The van der Waals surface area contributed by atoms with E-state index in [4.69, 9.17) is 10.5 Å². The number of carbonyl (C=O) groups is 2. The van der Waals surface area contributed by atoms with Crippen molar-refractivity contribution < 1.29 is 14.3 Å². The van der Waals surface area contributed by atoms with Gasteiger partial charge in [-0.1, -0.05) is 23.9 Å². The molecule has 0 spiro atoms. The van der Waals surface area contributed by atoms with Gasteiger partial charge in [-0.25, -0.2) is 9.79 Å². The average Bonchev–Trinajstić information content (AvgIpc) is 2.47. The molecule has 0 aliphatic carbocycles. The number of rotatable bonds is 5. The summed E-state index contributed by atoms with van der Waals surface area (Å²) in [6.07, 6.45) is 2.17. The van der Waals surface area contributed by atoms with Crippen molar-refractivity contribution in [2.24, 2.45) is 10.7 Å². The van der Waals surface area contributed by atoms with E-state index in [1.807, 2.05) is 30.5 Å². The van der Waals surface area contributed by atoms with Gasteiger partial charge in [0.2, 0.25) is 5.91 Å². The first-order valence-corrected chi connectivity index (χ1v) is 7.87. The van der Waals surface area contributed by atoms with Crippen LogP contribution in [0.25, 0.3) is 0 Å². The monoisotopic (exact) mass is 323 g/mol. The van der Waals surface area contributed by atoms with E-state index in [2.05, 4.69) is 10.3 Å². The molecule has 0 heterocycles. The van der Waals surface area contributed by atoms with Gasteiger partial charge in [0.1, 0.15) is 5.54 Å². The third-order valence-corrected chi connectivity index (χ3v) is 3.54. The summed E-state index contributed by atoms with van der Waals surface area (Å²) in [5.41, 5.74) is 6.16. The summed E-state index contributed by atoms with van der Waals surface area (Å²) in [5.74, 6) is -0.779. The number of carbonyl (C=O) groups excluding carboxylic acids is 2. The van der Waals surface area contributed by atoms with Gasteiger partial charge in [0, 0.05) is 13.3 Å². The average molecular weight is 323 g/mol. The number of ether oxygens (including phenoxy) is 1. The number of nitrogens with two attached hydrogens (primary N) is 1. The highest BCUT2D eigenvalue weighted by Crippen LogP contribution is 2.19. The zero-order valence-corrected chi connectivity index (χ0v) is 14.0. The molecule has 0 unspecified atom stereocenters. The quantitative estimate of drug-likeness (QED) is 0.488. The smallest absolute Gasteiger partial charge is 0.331 e. The Balaban J connectivity index is 2.95. The Bertz CT molecular complexity index is 572. The molecule has 120 valence electrons. The van der Waals surface area contributed by atoms with Gasteiger partial charge in [-0.05, 0) is 30.9 Å². The molecule has 0 saturated carbocycles. The van der Waals surface area contributed by atoms with E-state index in [1.165, 1.54) is 25.8 Å². The second-order valence-electron chi connectivity index (χ2n) is 5.00. The maximum atomic E-state index is 11.9. The molecule has 1 rings (SSSR count). The number of hydrogen-bond acceptors (Lipinski definition) is 5. The number of amides is 1. The van der Waals surface area contributed by atoms with E-state index in [0.29, 0.717) is 11.6 Å². The van der Waals surface area contributed by atoms with Gasteiger partial charge in [-0.2, -0.15) is 0 Å². The number of nitrogens with zero attached hydrogens (tertiary/aromatic N) is 1. The minimum atomic E-state index is -1.11. The van der Waals surface area contributed by atoms with E-state index in [-0.39, 0.29) is 5.91 Å². The first kappa shape index (κ1) is 18.0. The maximum absolute atomic E-state index is 11.9. The van der Waals surface area contributed by atoms with Crippen molar-refractivity contribution in [1.29, 1.82) is 0 Å². The molecule has 3 N–H and O–H groups in total. The molecule has 0 bridgehead atoms. The van der Waals surface area contributed by atoms with Crippen molar-refractivity contribution in [3.05, 3.63) is 29.8 Å². The molecule has 7 heteroatoms. The Morgan fingerprint density at radius 3 is 2.41 bits per heavy atom. The molecule has 1 amide bonds. The number of thioether (sulfide) groups is 1. The van der Waals surface area contributed by atoms with Gasteiger partial charge < -0.3 is 15.8 Å². The molecule has 1 aromatic rings. The lowest BCUT2D eigenvalue weighted by Crippen LogP contribution is -2.53. The molecular weight excluding hydrogens is 302 g/mol. The topological polar surface area (TPSA) is 93.8 Å². The van der Waals surface area contributed by atoms with E-state index in [9.17, 15) is 9.59 Å². The molecule has 0 aliphatic rings. The summed E-state index contributed by atoms with van der Waals surface area (Å²) >= 11 is 1.37. The third kappa shape index (κ3) is 5.07.